The van der Waals surface area contributed by atoms with E-state index in [0.29, 0.717) is 12.1 Å². The minimum Gasteiger partial charge on any atom is -0.306 e. The zero-order valence-electron chi connectivity index (χ0n) is 11.0. The molecule has 14 heavy (non-hydrogen) atoms. The van der Waals surface area contributed by atoms with E-state index in [1.54, 1.807) is 0 Å². The molecule has 0 N–H and O–H groups in total. The molecule has 0 aliphatic rings. The molecule has 0 saturated carbocycles. The van der Waals surface area contributed by atoms with Gasteiger partial charge in [-0.2, -0.15) is 0 Å². The Morgan fingerprint density at radius 2 is 1.43 bits per heavy atom. The van der Waals surface area contributed by atoms with Crippen molar-refractivity contribution < 1.29 is 0 Å². The van der Waals surface area contributed by atoms with Crippen LogP contribution in [0.15, 0.2) is 0 Å². The van der Waals surface area contributed by atoms with Crippen LogP contribution < -0.4 is 0 Å². The second-order valence-corrected chi connectivity index (χ2v) is 5.14. The SMILES string of the molecule is CC(C)C(CCN(C)C(C)C)N(C)C. The van der Waals surface area contributed by atoms with E-state index in [2.05, 4.69) is 58.6 Å². The number of hydrogen-bond acceptors (Lipinski definition) is 2. The van der Waals surface area contributed by atoms with Crippen LogP contribution in [0.4, 0.5) is 0 Å². The molecule has 0 heterocycles. The molecule has 0 aliphatic heterocycles. The molecule has 2 nitrogen and oxygen atoms in total. The fourth-order valence-corrected chi connectivity index (χ4v) is 1.78. The van der Waals surface area contributed by atoms with Gasteiger partial charge in [0, 0.05) is 12.1 Å². The lowest BCUT2D eigenvalue weighted by Gasteiger charge is -2.30. The van der Waals surface area contributed by atoms with Crippen LogP contribution in [0.3, 0.4) is 0 Å². The molecule has 0 radical (unpaired) electrons. The molecular weight excluding hydrogens is 172 g/mol. The summed E-state index contributed by atoms with van der Waals surface area (Å²) in [5.74, 6) is 0.741. The van der Waals surface area contributed by atoms with Crippen LogP contribution in [0.1, 0.15) is 34.1 Å². The van der Waals surface area contributed by atoms with Crippen molar-refractivity contribution in [3.63, 3.8) is 0 Å². The molecular formula is C12H28N2. The van der Waals surface area contributed by atoms with E-state index in [1.807, 2.05) is 0 Å². The van der Waals surface area contributed by atoms with Crippen molar-refractivity contribution >= 4 is 0 Å². The summed E-state index contributed by atoms with van der Waals surface area (Å²) in [6.45, 7) is 10.3. The summed E-state index contributed by atoms with van der Waals surface area (Å²) < 4.78 is 0. The smallest absolute Gasteiger partial charge is 0.0124 e. The van der Waals surface area contributed by atoms with Crippen LogP contribution in [0.25, 0.3) is 0 Å². The number of nitrogens with zero attached hydrogens (tertiary/aromatic N) is 2. The zero-order valence-corrected chi connectivity index (χ0v) is 11.0. The summed E-state index contributed by atoms with van der Waals surface area (Å²) in [6, 6.07) is 1.36. The van der Waals surface area contributed by atoms with E-state index in [1.165, 1.54) is 13.0 Å². The third-order valence-corrected chi connectivity index (χ3v) is 3.09. The molecule has 0 saturated heterocycles. The van der Waals surface area contributed by atoms with Crippen molar-refractivity contribution in [3.8, 4) is 0 Å². The fraction of sp³-hybridized carbons (Fsp3) is 1.00. The molecule has 0 aromatic rings. The highest BCUT2D eigenvalue weighted by molar-refractivity contribution is 4.72. The standard InChI is InChI=1S/C12H28N2/c1-10(2)12(13(5)6)8-9-14(7)11(3)4/h10-12H,8-9H2,1-7H3. The first-order chi connectivity index (χ1) is 6.36. The van der Waals surface area contributed by atoms with Crippen molar-refractivity contribution in [1.29, 1.82) is 0 Å². The summed E-state index contributed by atoms with van der Waals surface area (Å²) >= 11 is 0. The Balaban J connectivity index is 3.94. The van der Waals surface area contributed by atoms with Crippen molar-refractivity contribution in [2.75, 3.05) is 27.7 Å². The summed E-state index contributed by atoms with van der Waals surface area (Å²) in [5.41, 5.74) is 0. The molecule has 0 aromatic heterocycles. The van der Waals surface area contributed by atoms with Crippen LogP contribution in [-0.2, 0) is 0 Å². The Morgan fingerprint density at radius 1 is 0.929 bits per heavy atom. The minimum absolute atomic E-state index is 0.657. The average molecular weight is 200 g/mol. The van der Waals surface area contributed by atoms with E-state index in [0.717, 1.165) is 5.92 Å². The third kappa shape index (κ3) is 4.97. The molecule has 0 amide bonds. The van der Waals surface area contributed by atoms with E-state index < -0.39 is 0 Å². The molecule has 0 aliphatic carbocycles. The maximum Gasteiger partial charge on any atom is 0.0124 e. The van der Waals surface area contributed by atoms with Gasteiger partial charge in [0.2, 0.25) is 0 Å². The second kappa shape index (κ2) is 6.41. The van der Waals surface area contributed by atoms with Gasteiger partial charge in [-0.3, -0.25) is 0 Å². The zero-order chi connectivity index (χ0) is 11.3. The van der Waals surface area contributed by atoms with E-state index in [9.17, 15) is 0 Å². The molecule has 0 aromatic carbocycles. The minimum atomic E-state index is 0.657. The van der Waals surface area contributed by atoms with Gasteiger partial charge in [0.1, 0.15) is 0 Å². The molecule has 86 valence electrons. The van der Waals surface area contributed by atoms with Crippen molar-refractivity contribution in [2.45, 2.75) is 46.2 Å². The van der Waals surface area contributed by atoms with Gasteiger partial charge in [-0.05, 0) is 53.9 Å². The van der Waals surface area contributed by atoms with Crippen LogP contribution in [-0.4, -0.2) is 49.6 Å². The van der Waals surface area contributed by atoms with Crippen LogP contribution in [0.2, 0.25) is 0 Å². The Labute approximate surface area is 90.3 Å². The van der Waals surface area contributed by atoms with Gasteiger partial charge in [-0.25, -0.2) is 0 Å². The highest BCUT2D eigenvalue weighted by atomic mass is 15.1. The molecule has 0 fully saturated rings. The van der Waals surface area contributed by atoms with Gasteiger partial charge < -0.3 is 9.80 Å². The summed E-state index contributed by atoms with van der Waals surface area (Å²) in [4.78, 5) is 4.76. The molecule has 2 heteroatoms. The number of hydrogen-bond donors (Lipinski definition) is 0. The quantitative estimate of drug-likeness (QED) is 0.649. The second-order valence-electron chi connectivity index (χ2n) is 5.14. The summed E-state index contributed by atoms with van der Waals surface area (Å²) in [7, 11) is 6.57. The largest absolute Gasteiger partial charge is 0.306 e. The van der Waals surface area contributed by atoms with Crippen LogP contribution >= 0.6 is 0 Å². The van der Waals surface area contributed by atoms with Gasteiger partial charge in [-0.15, -0.1) is 0 Å². The molecule has 0 rings (SSSR count). The predicted molar refractivity (Wildman–Crippen MR) is 64.7 cm³/mol. The molecule has 1 atom stereocenters. The Morgan fingerprint density at radius 3 is 1.71 bits per heavy atom. The summed E-state index contributed by atoms with van der Waals surface area (Å²) in [6.07, 6.45) is 1.26. The lowest BCUT2D eigenvalue weighted by atomic mass is 9.99. The van der Waals surface area contributed by atoms with Gasteiger partial charge in [0.05, 0.1) is 0 Å². The Kier molecular flexibility index (Phi) is 6.38. The molecule has 1 unspecified atom stereocenters. The van der Waals surface area contributed by atoms with Gasteiger partial charge in [-0.1, -0.05) is 13.8 Å². The maximum atomic E-state index is 2.42. The van der Waals surface area contributed by atoms with Crippen LogP contribution in [0.5, 0.6) is 0 Å². The van der Waals surface area contributed by atoms with Gasteiger partial charge in [0.25, 0.3) is 0 Å². The average Bonchev–Trinajstić information content (AvgIpc) is 2.02. The normalized spacial score (nSPS) is 14.8. The van der Waals surface area contributed by atoms with Crippen molar-refractivity contribution in [1.82, 2.24) is 9.80 Å². The number of rotatable bonds is 6. The van der Waals surface area contributed by atoms with Gasteiger partial charge in [0.15, 0.2) is 0 Å². The summed E-state index contributed by atoms with van der Waals surface area (Å²) in [5, 5.41) is 0. The maximum absolute atomic E-state index is 2.42. The van der Waals surface area contributed by atoms with E-state index in [-0.39, 0.29) is 0 Å². The molecule has 0 bridgehead atoms. The predicted octanol–water partition coefficient (Wildman–Crippen LogP) is 2.30. The van der Waals surface area contributed by atoms with Crippen molar-refractivity contribution in [2.24, 2.45) is 5.92 Å². The van der Waals surface area contributed by atoms with E-state index in [4.69, 9.17) is 0 Å². The third-order valence-electron chi connectivity index (χ3n) is 3.09. The first-order valence-electron chi connectivity index (χ1n) is 5.73. The van der Waals surface area contributed by atoms with E-state index >= 15 is 0 Å². The topological polar surface area (TPSA) is 6.48 Å². The highest BCUT2D eigenvalue weighted by Crippen LogP contribution is 2.12. The highest BCUT2D eigenvalue weighted by Gasteiger charge is 2.16. The Bertz CT molecular complexity index is 133. The Hall–Kier alpha value is -0.0800. The van der Waals surface area contributed by atoms with Crippen molar-refractivity contribution in [3.05, 3.63) is 0 Å². The monoisotopic (exact) mass is 200 g/mol. The first-order valence-corrected chi connectivity index (χ1v) is 5.73. The lowest BCUT2D eigenvalue weighted by molar-refractivity contribution is 0.180. The fourth-order valence-electron chi connectivity index (χ4n) is 1.78. The lowest BCUT2D eigenvalue weighted by Crippen LogP contribution is -2.37. The van der Waals surface area contributed by atoms with Gasteiger partial charge >= 0.3 is 0 Å². The molecule has 0 spiro atoms. The first kappa shape index (κ1) is 13.9. The van der Waals surface area contributed by atoms with Crippen LogP contribution in [0, 0.1) is 5.92 Å².